The zero-order valence-electron chi connectivity index (χ0n) is 11.7. The Morgan fingerprint density at radius 3 is 2.68 bits per heavy atom. The summed E-state index contributed by atoms with van der Waals surface area (Å²) in [6.07, 6.45) is 3.68. The van der Waals surface area contributed by atoms with E-state index in [0.717, 1.165) is 15.9 Å². The second-order valence-electron chi connectivity index (χ2n) is 4.84. The van der Waals surface area contributed by atoms with E-state index < -0.39 is 0 Å². The Labute approximate surface area is 122 Å². The SMILES string of the molecule is CNC(c1ncccc1C)c1c(Br)cnn1C(C)C. The van der Waals surface area contributed by atoms with Crippen LogP contribution in [0.5, 0.6) is 0 Å². The van der Waals surface area contributed by atoms with E-state index in [-0.39, 0.29) is 6.04 Å². The van der Waals surface area contributed by atoms with Crippen molar-refractivity contribution in [3.05, 3.63) is 46.0 Å². The number of rotatable bonds is 4. The second kappa shape index (κ2) is 5.84. The number of pyridine rings is 1. The van der Waals surface area contributed by atoms with E-state index in [1.54, 1.807) is 0 Å². The highest BCUT2D eigenvalue weighted by atomic mass is 79.9. The van der Waals surface area contributed by atoms with Crippen LogP contribution >= 0.6 is 15.9 Å². The van der Waals surface area contributed by atoms with Gasteiger partial charge in [-0.15, -0.1) is 0 Å². The van der Waals surface area contributed by atoms with Gasteiger partial charge in [-0.3, -0.25) is 9.67 Å². The molecule has 0 aliphatic rings. The molecular weight excluding hydrogens is 304 g/mol. The largest absolute Gasteiger partial charge is 0.307 e. The molecule has 2 aromatic heterocycles. The van der Waals surface area contributed by atoms with Crippen LogP contribution in [0.1, 0.15) is 42.9 Å². The van der Waals surface area contributed by atoms with Crippen molar-refractivity contribution in [2.45, 2.75) is 32.9 Å². The highest BCUT2D eigenvalue weighted by Crippen LogP contribution is 2.30. The highest BCUT2D eigenvalue weighted by molar-refractivity contribution is 9.10. The van der Waals surface area contributed by atoms with Crippen molar-refractivity contribution in [3.8, 4) is 0 Å². The lowest BCUT2D eigenvalue weighted by Crippen LogP contribution is -2.24. The predicted octanol–water partition coefficient (Wildman–Crippen LogP) is 3.24. The minimum atomic E-state index is 0.0282. The maximum atomic E-state index is 4.52. The van der Waals surface area contributed by atoms with Crippen molar-refractivity contribution < 1.29 is 0 Å². The van der Waals surface area contributed by atoms with Crippen LogP contribution < -0.4 is 5.32 Å². The predicted molar refractivity (Wildman–Crippen MR) is 80.2 cm³/mol. The lowest BCUT2D eigenvalue weighted by atomic mass is 10.0. The molecule has 0 saturated heterocycles. The number of aryl methyl sites for hydroxylation is 1. The van der Waals surface area contributed by atoms with Crippen LogP contribution in [-0.2, 0) is 0 Å². The molecule has 5 heteroatoms. The Morgan fingerprint density at radius 2 is 2.11 bits per heavy atom. The van der Waals surface area contributed by atoms with E-state index in [1.807, 2.05) is 30.2 Å². The molecule has 19 heavy (non-hydrogen) atoms. The monoisotopic (exact) mass is 322 g/mol. The molecule has 1 N–H and O–H groups in total. The van der Waals surface area contributed by atoms with Crippen molar-refractivity contribution in [1.82, 2.24) is 20.1 Å². The van der Waals surface area contributed by atoms with Crippen molar-refractivity contribution in [2.24, 2.45) is 0 Å². The van der Waals surface area contributed by atoms with Gasteiger partial charge in [0.25, 0.3) is 0 Å². The van der Waals surface area contributed by atoms with Gasteiger partial charge in [0.15, 0.2) is 0 Å². The Kier molecular flexibility index (Phi) is 4.37. The summed E-state index contributed by atoms with van der Waals surface area (Å²) < 4.78 is 3.03. The number of nitrogens with one attached hydrogen (secondary N) is 1. The smallest absolute Gasteiger partial charge is 0.0933 e. The highest BCUT2D eigenvalue weighted by Gasteiger charge is 2.23. The summed E-state index contributed by atoms with van der Waals surface area (Å²) in [5.41, 5.74) is 3.32. The Bertz CT molecular complexity index is 562. The Hall–Kier alpha value is -1.20. The van der Waals surface area contributed by atoms with Crippen LogP contribution in [-0.4, -0.2) is 21.8 Å². The summed E-state index contributed by atoms with van der Waals surface area (Å²) in [4.78, 5) is 4.52. The molecule has 0 aromatic carbocycles. The van der Waals surface area contributed by atoms with E-state index >= 15 is 0 Å². The number of aromatic nitrogens is 3. The molecule has 0 fully saturated rings. The summed E-state index contributed by atoms with van der Waals surface area (Å²) in [7, 11) is 1.95. The summed E-state index contributed by atoms with van der Waals surface area (Å²) in [6, 6.07) is 4.37. The first kappa shape index (κ1) is 14.2. The van der Waals surface area contributed by atoms with E-state index in [0.29, 0.717) is 6.04 Å². The zero-order valence-corrected chi connectivity index (χ0v) is 13.3. The summed E-state index contributed by atoms with van der Waals surface area (Å²) >= 11 is 3.60. The minimum absolute atomic E-state index is 0.0282. The molecule has 0 radical (unpaired) electrons. The number of nitrogens with zero attached hydrogens (tertiary/aromatic N) is 3. The van der Waals surface area contributed by atoms with Gasteiger partial charge in [-0.05, 0) is 55.4 Å². The first-order chi connectivity index (χ1) is 9.06. The first-order valence-corrected chi connectivity index (χ1v) is 7.17. The molecule has 0 spiro atoms. The third kappa shape index (κ3) is 2.72. The molecule has 1 atom stereocenters. The summed E-state index contributed by atoms with van der Waals surface area (Å²) in [6.45, 7) is 6.33. The molecule has 2 heterocycles. The average Bonchev–Trinajstić information content (AvgIpc) is 2.75. The summed E-state index contributed by atoms with van der Waals surface area (Å²) in [5.74, 6) is 0. The van der Waals surface area contributed by atoms with E-state index in [9.17, 15) is 0 Å². The quantitative estimate of drug-likeness (QED) is 0.939. The zero-order chi connectivity index (χ0) is 14.0. The van der Waals surface area contributed by atoms with E-state index in [1.165, 1.54) is 5.56 Å². The van der Waals surface area contributed by atoms with Crippen LogP contribution in [0.15, 0.2) is 29.0 Å². The third-order valence-corrected chi connectivity index (χ3v) is 3.77. The van der Waals surface area contributed by atoms with Crippen LogP contribution in [0.4, 0.5) is 0 Å². The first-order valence-electron chi connectivity index (χ1n) is 6.38. The van der Waals surface area contributed by atoms with Gasteiger partial charge in [0.2, 0.25) is 0 Å². The molecule has 2 rings (SSSR count). The number of halogens is 1. The lowest BCUT2D eigenvalue weighted by molar-refractivity contribution is 0.479. The lowest BCUT2D eigenvalue weighted by Gasteiger charge is -2.21. The van der Waals surface area contributed by atoms with Crippen LogP contribution in [0, 0.1) is 6.92 Å². The van der Waals surface area contributed by atoms with Crippen molar-refractivity contribution in [2.75, 3.05) is 7.05 Å². The summed E-state index contributed by atoms with van der Waals surface area (Å²) in [5, 5.41) is 7.79. The minimum Gasteiger partial charge on any atom is -0.307 e. The fraction of sp³-hybridized carbons (Fsp3) is 0.429. The van der Waals surface area contributed by atoms with E-state index in [4.69, 9.17) is 0 Å². The average molecular weight is 323 g/mol. The van der Waals surface area contributed by atoms with Crippen LogP contribution in [0.2, 0.25) is 0 Å². The number of hydrogen-bond donors (Lipinski definition) is 1. The van der Waals surface area contributed by atoms with Crippen molar-refractivity contribution >= 4 is 15.9 Å². The molecule has 2 aromatic rings. The molecule has 0 aliphatic carbocycles. The standard InChI is InChI=1S/C14H19BrN4/c1-9(2)19-14(11(15)8-18-19)13(16-4)12-10(3)6-5-7-17-12/h5-9,13,16H,1-4H3. The fourth-order valence-corrected chi connectivity index (χ4v) is 2.74. The number of hydrogen-bond acceptors (Lipinski definition) is 3. The van der Waals surface area contributed by atoms with Gasteiger partial charge in [0.05, 0.1) is 28.1 Å². The molecule has 1 unspecified atom stereocenters. The molecule has 0 amide bonds. The van der Waals surface area contributed by atoms with E-state index in [2.05, 4.69) is 58.2 Å². The van der Waals surface area contributed by atoms with Gasteiger partial charge in [0.1, 0.15) is 0 Å². The van der Waals surface area contributed by atoms with Gasteiger partial charge in [-0.1, -0.05) is 6.07 Å². The molecule has 102 valence electrons. The molecular formula is C14H19BrN4. The Morgan fingerprint density at radius 1 is 1.37 bits per heavy atom. The Balaban J connectivity index is 2.55. The van der Waals surface area contributed by atoms with Gasteiger partial charge in [-0.25, -0.2) is 0 Å². The van der Waals surface area contributed by atoms with Crippen LogP contribution in [0.25, 0.3) is 0 Å². The second-order valence-corrected chi connectivity index (χ2v) is 5.70. The fourth-order valence-electron chi connectivity index (χ4n) is 2.24. The molecule has 0 aliphatic heterocycles. The third-order valence-electron chi connectivity index (χ3n) is 3.16. The van der Waals surface area contributed by atoms with Gasteiger partial charge >= 0.3 is 0 Å². The maximum absolute atomic E-state index is 4.52. The molecule has 0 bridgehead atoms. The van der Waals surface area contributed by atoms with Crippen molar-refractivity contribution in [3.63, 3.8) is 0 Å². The van der Waals surface area contributed by atoms with Crippen molar-refractivity contribution in [1.29, 1.82) is 0 Å². The van der Waals surface area contributed by atoms with Crippen LogP contribution in [0.3, 0.4) is 0 Å². The topological polar surface area (TPSA) is 42.7 Å². The van der Waals surface area contributed by atoms with Gasteiger partial charge in [-0.2, -0.15) is 5.10 Å². The normalized spacial score (nSPS) is 12.9. The van der Waals surface area contributed by atoms with Gasteiger partial charge < -0.3 is 5.32 Å². The maximum Gasteiger partial charge on any atom is 0.0933 e. The molecule has 0 saturated carbocycles. The molecule has 4 nitrogen and oxygen atoms in total. The van der Waals surface area contributed by atoms with Gasteiger partial charge in [0, 0.05) is 12.2 Å².